The van der Waals surface area contributed by atoms with Crippen LogP contribution < -0.4 is 5.32 Å². The van der Waals surface area contributed by atoms with Crippen molar-refractivity contribution < 1.29 is 4.79 Å². The quantitative estimate of drug-likeness (QED) is 0.802. The molecule has 2 N–H and O–H groups in total. The summed E-state index contributed by atoms with van der Waals surface area (Å²) in [5.74, 6) is 0.661. The van der Waals surface area contributed by atoms with E-state index in [1.165, 1.54) is 31.2 Å². The number of nitrogens with one attached hydrogen (secondary N) is 2. The monoisotopic (exact) mass is 312 g/mol. The Morgan fingerprint density at radius 1 is 1.18 bits per heavy atom. The van der Waals surface area contributed by atoms with Gasteiger partial charge >= 0.3 is 0 Å². The van der Waals surface area contributed by atoms with Crippen molar-refractivity contribution in [3.8, 4) is 0 Å². The highest BCUT2D eigenvalue weighted by molar-refractivity contribution is 7.71. The van der Waals surface area contributed by atoms with Crippen LogP contribution in [0.4, 0.5) is 5.69 Å². The van der Waals surface area contributed by atoms with Gasteiger partial charge in [0, 0.05) is 11.9 Å². The first-order valence-electron chi connectivity index (χ1n) is 7.80. The van der Waals surface area contributed by atoms with Gasteiger partial charge in [-0.05, 0) is 42.2 Å². The Bertz CT molecular complexity index is 700. The van der Waals surface area contributed by atoms with Crippen LogP contribution in [0.3, 0.4) is 0 Å². The molecular formula is C18H20N2OS. The lowest BCUT2D eigenvalue weighted by Gasteiger charge is -2.10. The van der Waals surface area contributed by atoms with Gasteiger partial charge in [-0.1, -0.05) is 50.0 Å². The van der Waals surface area contributed by atoms with E-state index in [2.05, 4.69) is 22.4 Å². The minimum absolute atomic E-state index is 0.176. The summed E-state index contributed by atoms with van der Waals surface area (Å²) in [6.45, 7) is 0. The molecule has 1 aromatic carbocycles. The number of aromatic nitrogens is 1. The van der Waals surface area contributed by atoms with E-state index in [9.17, 15) is 4.79 Å². The minimum atomic E-state index is -0.176. The van der Waals surface area contributed by atoms with Crippen molar-refractivity contribution in [2.75, 3.05) is 5.32 Å². The first-order chi connectivity index (χ1) is 10.7. The van der Waals surface area contributed by atoms with Gasteiger partial charge in [0.1, 0.15) is 4.64 Å². The van der Waals surface area contributed by atoms with E-state index in [1.54, 1.807) is 18.3 Å². The zero-order chi connectivity index (χ0) is 15.4. The Morgan fingerprint density at radius 2 is 1.91 bits per heavy atom. The molecule has 0 atom stereocenters. The standard InChI is InChI=1S/C18H20N2OS/c21-17(16-6-3-11-19-18(16)22)20-15-9-7-14(8-10-15)12-13-4-1-2-5-13/h3,6-11,13H,1-2,4-5,12H2,(H,19,22)(H,20,21). The maximum absolute atomic E-state index is 12.2. The first-order valence-corrected chi connectivity index (χ1v) is 8.21. The zero-order valence-corrected chi connectivity index (χ0v) is 13.3. The number of carbonyl (C=O) groups is 1. The third kappa shape index (κ3) is 3.63. The number of aromatic amines is 1. The maximum atomic E-state index is 12.2. The van der Waals surface area contributed by atoms with Crippen LogP contribution in [0.1, 0.15) is 41.6 Å². The van der Waals surface area contributed by atoms with Crippen LogP contribution in [0.15, 0.2) is 42.6 Å². The Morgan fingerprint density at radius 3 is 2.59 bits per heavy atom. The highest BCUT2D eigenvalue weighted by atomic mass is 32.1. The molecule has 1 saturated carbocycles. The average Bonchev–Trinajstić information content (AvgIpc) is 3.02. The molecule has 1 amide bonds. The molecule has 22 heavy (non-hydrogen) atoms. The fourth-order valence-electron chi connectivity index (χ4n) is 3.07. The molecule has 0 bridgehead atoms. The topological polar surface area (TPSA) is 44.9 Å². The van der Waals surface area contributed by atoms with Crippen LogP contribution in [-0.4, -0.2) is 10.9 Å². The Balaban J connectivity index is 1.64. The van der Waals surface area contributed by atoms with Crippen molar-refractivity contribution >= 4 is 23.8 Å². The summed E-state index contributed by atoms with van der Waals surface area (Å²) in [7, 11) is 0. The molecule has 0 aliphatic heterocycles. The highest BCUT2D eigenvalue weighted by Gasteiger charge is 2.15. The first kappa shape index (κ1) is 15.0. The average molecular weight is 312 g/mol. The molecule has 114 valence electrons. The summed E-state index contributed by atoms with van der Waals surface area (Å²) < 4.78 is 0.456. The van der Waals surface area contributed by atoms with Crippen LogP contribution in [0.2, 0.25) is 0 Å². The molecule has 0 unspecified atom stereocenters. The molecule has 1 heterocycles. The molecule has 0 spiro atoms. The van der Waals surface area contributed by atoms with Crippen LogP contribution in [0.25, 0.3) is 0 Å². The lowest BCUT2D eigenvalue weighted by molar-refractivity contribution is 0.102. The van der Waals surface area contributed by atoms with Crippen molar-refractivity contribution in [2.24, 2.45) is 5.92 Å². The van der Waals surface area contributed by atoms with Crippen molar-refractivity contribution in [3.63, 3.8) is 0 Å². The number of anilines is 1. The van der Waals surface area contributed by atoms with Crippen LogP contribution in [-0.2, 0) is 6.42 Å². The minimum Gasteiger partial charge on any atom is -0.352 e. The number of amides is 1. The molecule has 0 saturated heterocycles. The van der Waals surface area contributed by atoms with Crippen LogP contribution in [0, 0.1) is 10.6 Å². The predicted molar refractivity (Wildman–Crippen MR) is 91.7 cm³/mol. The second kappa shape index (κ2) is 6.88. The number of H-pyrrole nitrogens is 1. The Hall–Kier alpha value is -1.94. The molecular weight excluding hydrogens is 292 g/mol. The summed E-state index contributed by atoms with van der Waals surface area (Å²) in [6, 6.07) is 11.7. The van der Waals surface area contributed by atoms with E-state index in [4.69, 9.17) is 12.2 Å². The van der Waals surface area contributed by atoms with E-state index >= 15 is 0 Å². The fourth-order valence-corrected chi connectivity index (χ4v) is 3.30. The number of benzene rings is 1. The fraction of sp³-hybridized carbons (Fsp3) is 0.333. The van der Waals surface area contributed by atoms with Crippen molar-refractivity contribution in [1.82, 2.24) is 4.98 Å². The van der Waals surface area contributed by atoms with E-state index in [0.717, 1.165) is 18.0 Å². The number of carbonyl (C=O) groups excluding carboxylic acids is 1. The molecule has 1 aliphatic carbocycles. The van der Waals surface area contributed by atoms with Gasteiger partial charge in [-0.15, -0.1) is 0 Å². The zero-order valence-electron chi connectivity index (χ0n) is 12.5. The number of hydrogen-bond donors (Lipinski definition) is 2. The van der Waals surface area contributed by atoms with Gasteiger partial charge in [0.2, 0.25) is 0 Å². The SMILES string of the molecule is O=C(Nc1ccc(CC2CCCC2)cc1)c1ccc[nH]c1=S. The maximum Gasteiger partial charge on any atom is 0.258 e. The number of hydrogen-bond acceptors (Lipinski definition) is 2. The molecule has 3 nitrogen and oxygen atoms in total. The molecule has 1 fully saturated rings. The van der Waals surface area contributed by atoms with Gasteiger partial charge in [-0.2, -0.15) is 0 Å². The lowest BCUT2D eigenvalue weighted by Crippen LogP contribution is -2.12. The van der Waals surface area contributed by atoms with Crippen LogP contribution in [0.5, 0.6) is 0 Å². The summed E-state index contributed by atoms with van der Waals surface area (Å²) in [5, 5.41) is 2.89. The normalized spacial score (nSPS) is 14.9. The summed E-state index contributed by atoms with van der Waals surface area (Å²) in [6.07, 6.45) is 8.32. The second-order valence-electron chi connectivity index (χ2n) is 5.92. The number of pyridine rings is 1. The van der Waals surface area contributed by atoms with Gasteiger partial charge in [-0.3, -0.25) is 4.79 Å². The molecule has 1 aromatic heterocycles. The lowest BCUT2D eigenvalue weighted by atomic mass is 9.98. The van der Waals surface area contributed by atoms with Crippen molar-refractivity contribution in [1.29, 1.82) is 0 Å². The van der Waals surface area contributed by atoms with Crippen molar-refractivity contribution in [3.05, 3.63) is 58.4 Å². The van der Waals surface area contributed by atoms with Gasteiger partial charge < -0.3 is 10.3 Å². The Kier molecular flexibility index (Phi) is 4.68. The van der Waals surface area contributed by atoms with E-state index in [0.29, 0.717) is 10.2 Å². The third-order valence-electron chi connectivity index (χ3n) is 4.27. The summed E-state index contributed by atoms with van der Waals surface area (Å²) >= 11 is 5.13. The van der Waals surface area contributed by atoms with E-state index in [1.807, 2.05) is 12.1 Å². The predicted octanol–water partition coefficient (Wildman–Crippen LogP) is 4.73. The molecule has 3 rings (SSSR count). The van der Waals surface area contributed by atoms with Gasteiger partial charge in [-0.25, -0.2) is 0 Å². The smallest absolute Gasteiger partial charge is 0.258 e. The third-order valence-corrected chi connectivity index (χ3v) is 4.61. The highest BCUT2D eigenvalue weighted by Crippen LogP contribution is 2.28. The van der Waals surface area contributed by atoms with E-state index in [-0.39, 0.29) is 5.91 Å². The summed E-state index contributed by atoms with van der Waals surface area (Å²) in [5.41, 5.74) is 2.65. The van der Waals surface area contributed by atoms with Gasteiger partial charge in [0.25, 0.3) is 5.91 Å². The largest absolute Gasteiger partial charge is 0.352 e. The van der Waals surface area contributed by atoms with Crippen LogP contribution >= 0.6 is 12.2 Å². The second-order valence-corrected chi connectivity index (χ2v) is 6.33. The molecule has 4 heteroatoms. The molecule has 2 aromatic rings. The van der Waals surface area contributed by atoms with Gasteiger partial charge in [0.15, 0.2) is 0 Å². The van der Waals surface area contributed by atoms with E-state index < -0.39 is 0 Å². The number of rotatable bonds is 4. The van der Waals surface area contributed by atoms with Gasteiger partial charge in [0.05, 0.1) is 5.56 Å². The molecule has 1 aliphatic rings. The molecule has 0 radical (unpaired) electrons. The Labute approximate surface area is 135 Å². The van der Waals surface area contributed by atoms with Crippen molar-refractivity contribution in [2.45, 2.75) is 32.1 Å². The summed E-state index contributed by atoms with van der Waals surface area (Å²) in [4.78, 5) is 15.1.